The van der Waals surface area contributed by atoms with E-state index in [1.807, 2.05) is 19.0 Å². The Morgan fingerprint density at radius 3 is 2.82 bits per heavy atom. The molecule has 0 saturated carbocycles. The van der Waals surface area contributed by atoms with E-state index in [0.29, 0.717) is 28.8 Å². The first-order valence-electron chi connectivity index (χ1n) is 10.2. The van der Waals surface area contributed by atoms with Crippen LogP contribution in [-0.4, -0.2) is 104 Å². The van der Waals surface area contributed by atoms with E-state index >= 15 is 0 Å². The van der Waals surface area contributed by atoms with Gasteiger partial charge in [-0.2, -0.15) is 0 Å². The highest BCUT2D eigenvalue weighted by Crippen LogP contribution is 2.41. The van der Waals surface area contributed by atoms with Gasteiger partial charge in [0.2, 0.25) is 17.4 Å². The number of amides is 1. The Morgan fingerprint density at radius 1 is 1.36 bits per heavy atom. The van der Waals surface area contributed by atoms with Crippen molar-refractivity contribution in [2.24, 2.45) is 5.73 Å². The first kappa shape index (κ1) is 25.3. The lowest BCUT2D eigenvalue weighted by Crippen LogP contribution is -2.68. The topological polar surface area (TPSA) is 155 Å². The summed E-state index contributed by atoms with van der Waals surface area (Å²) in [6, 6.07) is -0.682. The molecule has 3 heterocycles. The van der Waals surface area contributed by atoms with E-state index in [9.17, 15) is 14.4 Å². The predicted octanol–water partition coefficient (Wildman–Crippen LogP) is -0.114. The van der Waals surface area contributed by atoms with E-state index in [0.717, 1.165) is 6.54 Å². The van der Waals surface area contributed by atoms with Crippen LogP contribution in [0.4, 0.5) is 4.79 Å². The molecule has 1 aromatic rings. The highest BCUT2D eigenvalue weighted by atomic mass is 32.2. The third-order valence-corrected chi connectivity index (χ3v) is 7.12. The van der Waals surface area contributed by atoms with Crippen molar-refractivity contribution >= 4 is 41.6 Å². The fraction of sp³-hybridized carbons (Fsp3) is 0.667. The summed E-state index contributed by atoms with van der Waals surface area (Å²) in [6.07, 6.45) is -2.15. The molecule has 13 nitrogen and oxygen atoms in total. The maximum absolute atomic E-state index is 13.0. The second-order valence-electron chi connectivity index (χ2n) is 7.44. The molecule has 15 heteroatoms. The van der Waals surface area contributed by atoms with Gasteiger partial charge < -0.3 is 24.8 Å². The Bertz CT molecular complexity index is 924. The third-order valence-electron chi connectivity index (χ3n) is 4.71. The van der Waals surface area contributed by atoms with Gasteiger partial charge in [0.15, 0.2) is 0 Å². The monoisotopic (exact) mass is 501 g/mol. The molecule has 1 aromatic heterocycles. The number of hydrogen-bond donors (Lipinski definition) is 1. The van der Waals surface area contributed by atoms with E-state index in [1.54, 1.807) is 11.6 Å². The first-order chi connectivity index (χ1) is 15.7. The summed E-state index contributed by atoms with van der Waals surface area (Å²) in [4.78, 5) is 40.3. The molecule has 3 atom stereocenters. The van der Waals surface area contributed by atoms with Gasteiger partial charge >= 0.3 is 12.1 Å². The molecule has 1 fully saturated rings. The average Bonchev–Trinajstić information content (AvgIpc) is 3.22. The van der Waals surface area contributed by atoms with E-state index in [-0.39, 0.29) is 23.6 Å². The van der Waals surface area contributed by atoms with Gasteiger partial charge in [-0.3, -0.25) is 9.69 Å². The molecule has 0 aromatic carbocycles. The largest absolute Gasteiger partial charge is 0.511 e. The maximum Gasteiger partial charge on any atom is 0.511 e. The molecule has 182 valence electrons. The summed E-state index contributed by atoms with van der Waals surface area (Å²) in [7, 11) is 3.91. The van der Waals surface area contributed by atoms with Crippen LogP contribution in [0, 0.1) is 0 Å². The van der Waals surface area contributed by atoms with E-state index in [1.165, 1.54) is 35.3 Å². The van der Waals surface area contributed by atoms with Crippen LogP contribution in [0.2, 0.25) is 0 Å². The Hall–Kier alpha value is -2.36. The van der Waals surface area contributed by atoms with Crippen molar-refractivity contribution in [2.75, 3.05) is 38.8 Å². The van der Waals surface area contributed by atoms with Crippen LogP contribution in [0.5, 0.6) is 0 Å². The zero-order valence-electron chi connectivity index (χ0n) is 18.8. The number of tetrazole rings is 1. The number of aromatic nitrogens is 4. The van der Waals surface area contributed by atoms with Gasteiger partial charge in [0.1, 0.15) is 17.1 Å². The lowest BCUT2D eigenvalue weighted by Gasteiger charge is -2.48. The zero-order valence-corrected chi connectivity index (χ0v) is 20.4. The molecule has 0 aliphatic carbocycles. The molecule has 1 saturated heterocycles. The van der Waals surface area contributed by atoms with Gasteiger partial charge in [-0.1, -0.05) is 11.8 Å². The second kappa shape index (κ2) is 11.2. The summed E-state index contributed by atoms with van der Waals surface area (Å²) in [5.41, 5.74) is 6.70. The molecule has 0 spiro atoms. The molecule has 2 aliphatic heterocycles. The predicted molar refractivity (Wildman–Crippen MR) is 119 cm³/mol. The number of esters is 1. The van der Waals surface area contributed by atoms with Crippen LogP contribution in [0.3, 0.4) is 0 Å². The number of ether oxygens (including phenoxy) is 3. The van der Waals surface area contributed by atoms with Gasteiger partial charge in [0.25, 0.3) is 0 Å². The summed E-state index contributed by atoms with van der Waals surface area (Å²) in [5, 5.41) is 12.0. The first-order valence-corrected chi connectivity index (χ1v) is 12.3. The summed E-state index contributed by atoms with van der Waals surface area (Å²) in [6.45, 7) is 4.51. The standard InChI is InChI=1S/C18H27N7O6S2/c1-5-29-18(28)31-10(2)30-16(27)13-11(8-32-15-12(19)14(26)25(13)15)9-33-17-20-21-22-24(17)7-6-23(3)4/h10,12,15H,5-9,19H2,1-4H3/t10?,12?,15-/m0/s1. The smallest absolute Gasteiger partial charge is 0.435 e. The van der Waals surface area contributed by atoms with Crippen LogP contribution < -0.4 is 5.73 Å². The molecule has 2 N–H and O–H groups in total. The second-order valence-corrected chi connectivity index (χ2v) is 9.49. The molecule has 0 bridgehead atoms. The fourth-order valence-electron chi connectivity index (χ4n) is 3.08. The maximum atomic E-state index is 13.0. The normalized spacial score (nSPS) is 20.9. The van der Waals surface area contributed by atoms with Crippen molar-refractivity contribution in [1.29, 1.82) is 0 Å². The fourth-order valence-corrected chi connectivity index (χ4v) is 5.42. The SMILES string of the molecule is CCOC(=O)OC(C)OC(=O)C1=C(CSc2nnnn2CCN(C)C)CS[C@H]2C(N)C(=O)N12. The quantitative estimate of drug-likeness (QED) is 0.196. The van der Waals surface area contributed by atoms with Gasteiger partial charge in [-0.05, 0) is 37.0 Å². The molecule has 2 aliphatic rings. The Balaban J connectivity index is 1.75. The lowest BCUT2D eigenvalue weighted by molar-refractivity contribution is -0.168. The van der Waals surface area contributed by atoms with E-state index in [4.69, 9.17) is 19.9 Å². The number of nitrogens with zero attached hydrogens (tertiary/aromatic N) is 6. The molecule has 2 unspecified atom stereocenters. The minimum atomic E-state index is -1.20. The van der Waals surface area contributed by atoms with Crippen molar-refractivity contribution in [2.45, 2.75) is 43.3 Å². The number of carbonyl (C=O) groups is 3. The van der Waals surface area contributed by atoms with Crippen molar-refractivity contribution < 1.29 is 28.6 Å². The number of nitrogens with two attached hydrogens (primary N) is 1. The van der Waals surface area contributed by atoms with Gasteiger partial charge in [-0.25, -0.2) is 14.3 Å². The number of likely N-dealkylation sites (N-methyl/N-ethyl adjacent to an activating group) is 1. The number of carbonyl (C=O) groups excluding carboxylic acids is 3. The Kier molecular flexibility index (Phi) is 8.56. The van der Waals surface area contributed by atoms with Crippen LogP contribution >= 0.6 is 23.5 Å². The number of fused-ring (bicyclic) bond motifs is 1. The Labute approximate surface area is 199 Å². The highest BCUT2D eigenvalue weighted by molar-refractivity contribution is 8.01. The zero-order chi connectivity index (χ0) is 24.1. The molecular formula is C18H27N7O6S2. The van der Waals surface area contributed by atoms with Crippen LogP contribution in [-0.2, 0) is 30.3 Å². The van der Waals surface area contributed by atoms with Crippen molar-refractivity contribution in [1.82, 2.24) is 30.0 Å². The van der Waals surface area contributed by atoms with Gasteiger partial charge in [0.05, 0.1) is 13.2 Å². The highest BCUT2D eigenvalue weighted by Gasteiger charge is 2.52. The molecule has 33 heavy (non-hydrogen) atoms. The van der Waals surface area contributed by atoms with E-state index in [2.05, 4.69) is 15.5 Å². The summed E-state index contributed by atoms with van der Waals surface area (Å²) < 4.78 is 16.5. The molecular weight excluding hydrogens is 474 g/mol. The summed E-state index contributed by atoms with van der Waals surface area (Å²) >= 11 is 2.83. The lowest BCUT2D eigenvalue weighted by atomic mass is 10.0. The third kappa shape index (κ3) is 5.96. The minimum Gasteiger partial charge on any atom is -0.435 e. The number of hydrogen-bond acceptors (Lipinski definition) is 13. The van der Waals surface area contributed by atoms with Crippen molar-refractivity contribution in [3.05, 3.63) is 11.3 Å². The van der Waals surface area contributed by atoms with Gasteiger partial charge in [-0.15, -0.1) is 16.9 Å². The number of thioether (sulfide) groups is 2. The van der Waals surface area contributed by atoms with Gasteiger partial charge in [0, 0.05) is 25.0 Å². The number of rotatable bonds is 10. The van der Waals surface area contributed by atoms with Crippen LogP contribution in [0.1, 0.15) is 13.8 Å². The average molecular weight is 502 g/mol. The van der Waals surface area contributed by atoms with Crippen LogP contribution in [0.15, 0.2) is 16.4 Å². The minimum absolute atomic E-state index is 0.115. The molecule has 0 radical (unpaired) electrons. The molecule has 3 rings (SSSR count). The number of β-lactam (4-membered cyclic amide) rings is 1. The summed E-state index contributed by atoms with van der Waals surface area (Å²) in [5.74, 6) is -0.304. The van der Waals surface area contributed by atoms with Crippen molar-refractivity contribution in [3.8, 4) is 0 Å². The molecule has 1 amide bonds. The van der Waals surface area contributed by atoms with E-state index < -0.39 is 24.5 Å². The van der Waals surface area contributed by atoms with Crippen LogP contribution in [0.25, 0.3) is 0 Å². The van der Waals surface area contributed by atoms with Crippen molar-refractivity contribution in [3.63, 3.8) is 0 Å². The Morgan fingerprint density at radius 2 is 2.12 bits per heavy atom.